The van der Waals surface area contributed by atoms with E-state index in [1.807, 2.05) is 0 Å². The van der Waals surface area contributed by atoms with E-state index in [4.69, 9.17) is 4.42 Å². The van der Waals surface area contributed by atoms with Crippen LogP contribution in [-0.2, 0) is 6.54 Å². The molecule has 2 aliphatic carbocycles. The molecule has 0 aromatic carbocycles. The Labute approximate surface area is 114 Å². The van der Waals surface area contributed by atoms with Gasteiger partial charge in [-0.05, 0) is 29.6 Å². The van der Waals surface area contributed by atoms with E-state index in [1.165, 1.54) is 12.8 Å². The van der Waals surface area contributed by atoms with Crippen molar-refractivity contribution in [3.05, 3.63) is 5.89 Å². The zero-order valence-electron chi connectivity index (χ0n) is 12.3. The van der Waals surface area contributed by atoms with Gasteiger partial charge in [-0.25, -0.2) is 0 Å². The Morgan fingerprint density at radius 2 is 1.84 bits per heavy atom. The summed E-state index contributed by atoms with van der Waals surface area (Å²) in [6.45, 7) is 10.9. The molecule has 0 amide bonds. The van der Waals surface area contributed by atoms with Crippen molar-refractivity contribution in [1.29, 1.82) is 0 Å². The van der Waals surface area contributed by atoms with Crippen LogP contribution in [0.25, 0.3) is 0 Å². The Morgan fingerprint density at radius 1 is 1.16 bits per heavy atom. The van der Waals surface area contributed by atoms with Gasteiger partial charge < -0.3 is 15.1 Å². The van der Waals surface area contributed by atoms with Gasteiger partial charge >= 0.3 is 6.01 Å². The smallest absolute Gasteiger partial charge is 0.315 e. The molecule has 5 heteroatoms. The van der Waals surface area contributed by atoms with Crippen molar-refractivity contribution in [1.82, 2.24) is 15.5 Å². The van der Waals surface area contributed by atoms with E-state index >= 15 is 0 Å². The molecule has 0 radical (unpaired) electrons. The summed E-state index contributed by atoms with van der Waals surface area (Å²) in [5.41, 5.74) is 0.771. The van der Waals surface area contributed by atoms with E-state index in [-0.39, 0.29) is 0 Å². The predicted molar refractivity (Wildman–Crippen MR) is 73.7 cm³/mol. The zero-order valence-corrected chi connectivity index (χ0v) is 12.3. The van der Waals surface area contributed by atoms with E-state index < -0.39 is 0 Å². The van der Waals surface area contributed by atoms with Crippen LogP contribution >= 0.6 is 0 Å². The van der Waals surface area contributed by atoms with Crippen LogP contribution in [0.4, 0.5) is 6.01 Å². The second-order valence-electron chi connectivity index (χ2n) is 7.03. The quantitative estimate of drug-likeness (QED) is 0.826. The summed E-state index contributed by atoms with van der Waals surface area (Å²) in [7, 11) is 0. The number of rotatable bonds is 6. The molecule has 1 aromatic rings. The Kier molecular flexibility index (Phi) is 2.85. The molecule has 2 fully saturated rings. The molecule has 5 nitrogen and oxygen atoms in total. The molecule has 2 saturated carbocycles. The summed E-state index contributed by atoms with van der Waals surface area (Å²) in [5, 5.41) is 14.7. The van der Waals surface area contributed by atoms with Crippen LogP contribution in [0.2, 0.25) is 0 Å². The van der Waals surface area contributed by atoms with Crippen molar-refractivity contribution in [2.24, 2.45) is 16.7 Å². The lowest BCUT2D eigenvalue weighted by Crippen LogP contribution is -2.15. The number of hydrogen-bond acceptors (Lipinski definition) is 5. The van der Waals surface area contributed by atoms with Crippen LogP contribution in [0.1, 0.15) is 46.4 Å². The van der Waals surface area contributed by atoms with E-state index in [1.54, 1.807) is 0 Å². The monoisotopic (exact) mass is 264 g/mol. The van der Waals surface area contributed by atoms with Gasteiger partial charge in [0.05, 0.1) is 6.54 Å². The summed E-state index contributed by atoms with van der Waals surface area (Å²) >= 11 is 0. The maximum Gasteiger partial charge on any atom is 0.315 e. The van der Waals surface area contributed by atoms with Crippen molar-refractivity contribution in [3.63, 3.8) is 0 Å². The molecule has 1 aromatic heterocycles. The fourth-order valence-corrected chi connectivity index (χ4v) is 2.95. The molecule has 0 saturated heterocycles. The maximum atomic E-state index is 5.58. The average molecular weight is 264 g/mol. The average Bonchev–Trinajstić information content (AvgIpc) is 3.15. The van der Waals surface area contributed by atoms with Gasteiger partial charge in [0.1, 0.15) is 0 Å². The number of nitrogens with one attached hydrogen (secondary N) is 2. The first kappa shape index (κ1) is 12.9. The fraction of sp³-hybridized carbons (Fsp3) is 0.857. The normalized spacial score (nSPS) is 24.4. The lowest BCUT2D eigenvalue weighted by atomic mass is 10.0. The molecule has 2 aliphatic rings. The standard InChI is InChI=1S/C14H24N4O/c1-13(2)10(14(13,3)4)7-16-12-18-17-11(19-12)8-15-9-5-6-9/h9-10,15H,5-8H2,1-4H3,(H,16,18). The Balaban J connectivity index is 1.48. The van der Waals surface area contributed by atoms with E-state index in [0.717, 1.165) is 6.54 Å². The highest BCUT2D eigenvalue weighted by Crippen LogP contribution is 2.68. The van der Waals surface area contributed by atoms with Crippen molar-refractivity contribution in [2.45, 2.75) is 53.1 Å². The third-order valence-electron chi connectivity index (χ3n) is 5.36. The molecule has 3 rings (SSSR count). The van der Waals surface area contributed by atoms with Crippen LogP contribution in [0.5, 0.6) is 0 Å². The summed E-state index contributed by atoms with van der Waals surface area (Å²) in [4.78, 5) is 0. The van der Waals surface area contributed by atoms with Crippen molar-refractivity contribution in [2.75, 3.05) is 11.9 Å². The van der Waals surface area contributed by atoms with Gasteiger partial charge in [-0.1, -0.05) is 32.8 Å². The van der Waals surface area contributed by atoms with Crippen molar-refractivity contribution >= 4 is 6.01 Å². The van der Waals surface area contributed by atoms with Gasteiger partial charge in [0.15, 0.2) is 0 Å². The second kappa shape index (κ2) is 4.20. The summed E-state index contributed by atoms with van der Waals surface area (Å²) in [6.07, 6.45) is 2.54. The molecule has 0 spiro atoms. The topological polar surface area (TPSA) is 63.0 Å². The first-order valence-corrected chi connectivity index (χ1v) is 7.21. The minimum absolute atomic E-state index is 0.385. The van der Waals surface area contributed by atoms with Gasteiger partial charge in [-0.2, -0.15) is 0 Å². The molecule has 0 unspecified atom stereocenters. The molecule has 1 heterocycles. The molecule has 0 bridgehead atoms. The maximum absolute atomic E-state index is 5.58. The van der Waals surface area contributed by atoms with Crippen LogP contribution < -0.4 is 10.6 Å². The predicted octanol–water partition coefficient (Wildman–Crippen LogP) is 2.42. The lowest BCUT2D eigenvalue weighted by Gasteiger charge is -2.04. The van der Waals surface area contributed by atoms with Gasteiger partial charge in [0.25, 0.3) is 0 Å². The minimum Gasteiger partial charge on any atom is -0.407 e. The zero-order chi connectivity index (χ0) is 13.7. The Bertz CT molecular complexity index is 448. The second-order valence-corrected chi connectivity index (χ2v) is 7.03. The number of anilines is 1. The summed E-state index contributed by atoms with van der Waals surface area (Å²) in [6, 6.07) is 1.21. The Hall–Kier alpha value is -1.10. The van der Waals surface area contributed by atoms with Gasteiger partial charge in [0.2, 0.25) is 5.89 Å². The third kappa shape index (κ3) is 2.36. The molecule has 0 aliphatic heterocycles. The number of hydrogen-bond donors (Lipinski definition) is 2. The third-order valence-corrected chi connectivity index (χ3v) is 5.36. The first-order chi connectivity index (χ1) is 8.91. The van der Waals surface area contributed by atoms with Gasteiger partial charge in [-0.3, -0.25) is 0 Å². The summed E-state index contributed by atoms with van der Waals surface area (Å²) in [5.74, 6) is 1.32. The summed E-state index contributed by atoms with van der Waals surface area (Å²) < 4.78 is 5.58. The molecule has 2 N–H and O–H groups in total. The van der Waals surface area contributed by atoms with Gasteiger partial charge in [0, 0.05) is 12.6 Å². The highest BCUT2D eigenvalue weighted by molar-refractivity contribution is 5.22. The highest BCUT2D eigenvalue weighted by Gasteiger charge is 2.64. The fourth-order valence-electron chi connectivity index (χ4n) is 2.95. The first-order valence-electron chi connectivity index (χ1n) is 7.21. The molecule has 0 atom stereocenters. The molecule has 19 heavy (non-hydrogen) atoms. The van der Waals surface area contributed by atoms with E-state index in [2.05, 4.69) is 48.5 Å². The van der Waals surface area contributed by atoms with Crippen LogP contribution in [0.15, 0.2) is 4.42 Å². The highest BCUT2D eigenvalue weighted by atomic mass is 16.4. The lowest BCUT2D eigenvalue weighted by molar-refractivity contribution is 0.457. The molecular weight excluding hydrogens is 240 g/mol. The molecular formula is C14H24N4O. The van der Waals surface area contributed by atoms with Gasteiger partial charge in [-0.15, -0.1) is 5.10 Å². The largest absolute Gasteiger partial charge is 0.407 e. The SMILES string of the molecule is CC1(C)C(CNc2nnc(CNC3CC3)o2)C1(C)C. The number of nitrogens with zero attached hydrogens (tertiary/aromatic N) is 2. The van der Waals surface area contributed by atoms with Crippen molar-refractivity contribution < 1.29 is 4.42 Å². The van der Waals surface area contributed by atoms with Crippen LogP contribution in [-0.4, -0.2) is 22.8 Å². The Morgan fingerprint density at radius 3 is 2.42 bits per heavy atom. The van der Waals surface area contributed by atoms with E-state index in [0.29, 0.717) is 41.2 Å². The van der Waals surface area contributed by atoms with Crippen molar-refractivity contribution in [3.8, 4) is 0 Å². The molecule has 106 valence electrons. The van der Waals surface area contributed by atoms with Crippen LogP contribution in [0.3, 0.4) is 0 Å². The number of aromatic nitrogens is 2. The van der Waals surface area contributed by atoms with E-state index in [9.17, 15) is 0 Å². The minimum atomic E-state index is 0.385. The van der Waals surface area contributed by atoms with Crippen LogP contribution in [0, 0.1) is 16.7 Å².